The molecule has 2 amide bonds. The summed E-state index contributed by atoms with van der Waals surface area (Å²) < 4.78 is 28.2. The Labute approximate surface area is 228 Å². The van der Waals surface area contributed by atoms with Gasteiger partial charge in [0.2, 0.25) is 5.91 Å². The third kappa shape index (κ3) is 4.63. The molecule has 3 aromatic rings. The Morgan fingerprint density at radius 1 is 0.923 bits per heavy atom. The molecule has 1 fully saturated rings. The average Bonchev–Trinajstić information content (AvgIpc) is 3.27. The Bertz CT molecular complexity index is 1400. The van der Waals surface area contributed by atoms with Crippen LogP contribution in [0.5, 0.6) is 0 Å². The molecule has 0 saturated carbocycles. The molecule has 1 atom stereocenters. The number of hydrogen-bond acceptors (Lipinski definition) is 3. The quantitative estimate of drug-likeness (QED) is 0.449. The van der Waals surface area contributed by atoms with Gasteiger partial charge in [-0.2, -0.15) is 0 Å². The molecule has 1 unspecified atom stereocenters. The third-order valence-corrected chi connectivity index (χ3v) is 8.98. The van der Waals surface area contributed by atoms with Gasteiger partial charge in [-0.1, -0.05) is 30.3 Å². The second-order valence-corrected chi connectivity index (χ2v) is 11.1. The molecule has 0 aromatic heterocycles. The highest BCUT2D eigenvalue weighted by atomic mass is 19.1. The highest BCUT2D eigenvalue weighted by Crippen LogP contribution is 2.47. The lowest BCUT2D eigenvalue weighted by Crippen LogP contribution is -2.47. The molecule has 3 aliphatic heterocycles. The lowest BCUT2D eigenvalue weighted by atomic mass is 9.74. The van der Waals surface area contributed by atoms with Crippen LogP contribution in [-0.2, 0) is 16.6 Å². The van der Waals surface area contributed by atoms with E-state index >= 15 is 0 Å². The first-order chi connectivity index (χ1) is 18.9. The molecule has 0 radical (unpaired) electrons. The van der Waals surface area contributed by atoms with Gasteiger partial charge in [-0.05, 0) is 91.9 Å². The van der Waals surface area contributed by atoms with Crippen molar-refractivity contribution in [3.8, 4) is 0 Å². The van der Waals surface area contributed by atoms with Gasteiger partial charge >= 0.3 is 0 Å². The molecule has 7 heteroatoms. The number of likely N-dealkylation sites (tertiary alicyclic amines) is 1. The zero-order chi connectivity index (χ0) is 27.1. The summed E-state index contributed by atoms with van der Waals surface area (Å²) in [5.41, 5.74) is 4.28. The molecule has 0 N–H and O–H groups in total. The molecule has 0 aliphatic carbocycles. The molecule has 1 saturated heterocycles. The first-order valence-electron chi connectivity index (χ1n) is 13.8. The molecule has 39 heavy (non-hydrogen) atoms. The molecule has 1 spiro atoms. The van der Waals surface area contributed by atoms with E-state index in [0.29, 0.717) is 30.5 Å². The Kier molecular flexibility index (Phi) is 6.71. The van der Waals surface area contributed by atoms with Gasteiger partial charge in [-0.25, -0.2) is 8.78 Å². The lowest BCUT2D eigenvalue weighted by molar-refractivity contribution is -0.116. The maximum atomic E-state index is 14.7. The molecule has 3 heterocycles. The molecule has 3 aliphatic rings. The van der Waals surface area contributed by atoms with Crippen LogP contribution in [0, 0.1) is 11.6 Å². The smallest absolute Gasteiger partial charge is 0.254 e. The number of rotatable bonds is 4. The van der Waals surface area contributed by atoms with Crippen LogP contribution in [0.3, 0.4) is 0 Å². The topological polar surface area (TPSA) is 43.9 Å². The number of piperidine rings is 1. The summed E-state index contributed by atoms with van der Waals surface area (Å²) in [4.78, 5) is 32.0. The summed E-state index contributed by atoms with van der Waals surface area (Å²) in [7, 11) is 0. The van der Waals surface area contributed by atoms with Crippen LogP contribution in [0.25, 0.3) is 0 Å². The van der Waals surface area contributed by atoms with Crippen molar-refractivity contribution in [3.05, 3.63) is 101 Å². The molecule has 6 rings (SSSR count). The SMILES string of the molecule is CC(=O)N1CC2(CCN(CCC3c4cccc(F)c4CCN3C(=O)c3ccc(F)cc3)CC2)c2ccccc21. The number of carbonyl (C=O) groups excluding carboxylic acids is 2. The number of amides is 2. The fourth-order valence-electron chi connectivity index (χ4n) is 6.87. The monoisotopic (exact) mass is 529 g/mol. The van der Waals surface area contributed by atoms with Gasteiger partial charge in [0.05, 0.1) is 6.04 Å². The van der Waals surface area contributed by atoms with Crippen molar-refractivity contribution in [2.45, 2.75) is 44.1 Å². The number of anilines is 1. The number of halogens is 2. The number of carbonyl (C=O) groups is 2. The second kappa shape index (κ2) is 10.2. The molecule has 0 bridgehead atoms. The Morgan fingerprint density at radius 3 is 2.41 bits per heavy atom. The summed E-state index contributed by atoms with van der Waals surface area (Å²) in [5, 5.41) is 0. The van der Waals surface area contributed by atoms with Gasteiger partial charge in [0.15, 0.2) is 0 Å². The van der Waals surface area contributed by atoms with E-state index in [1.54, 1.807) is 13.0 Å². The van der Waals surface area contributed by atoms with Gasteiger partial charge in [0.1, 0.15) is 11.6 Å². The van der Waals surface area contributed by atoms with Gasteiger partial charge < -0.3 is 14.7 Å². The van der Waals surface area contributed by atoms with Crippen LogP contribution in [0.15, 0.2) is 66.7 Å². The maximum Gasteiger partial charge on any atom is 0.254 e. The third-order valence-electron chi connectivity index (χ3n) is 8.98. The van der Waals surface area contributed by atoms with E-state index in [1.165, 1.54) is 35.9 Å². The summed E-state index contributed by atoms with van der Waals surface area (Å²) >= 11 is 0. The minimum absolute atomic E-state index is 0.0239. The minimum atomic E-state index is -0.381. The first kappa shape index (κ1) is 25.7. The highest BCUT2D eigenvalue weighted by molar-refractivity contribution is 5.95. The van der Waals surface area contributed by atoms with Crippen LogP contribution in [0.2, 0.25) is 0 Å². The van der Waals surface area contributed by atoms with Crippen LogP contribution >= 0.6 is 0 Å². The number of fused-ring (bicyclic) bond motifs is 3. The number of nitrogens with zero attached hydrogens (tertiary/aromatic N) is 3. The van der Waals surface area contributed by atoms with E-state index in [9.17, 15) is 18.4 Å². The van der Waals surface area contributed by atoms with Crippen molar-refractivity contribution < 1.29 is 18.4 Å². The Balaban J connectivity index is 1.19. The number of benzene rings is 3. The van der Waals surface area contributed by atoms with E-state index in [2.05, 4.69) is 17.0 Å². The van der Waals surface area contributed by atoms with Crippen molar-refractivity contribution in [3.63, 3.8) is 0 Å². The van der Waals surface area contributed by atoms with Crippen molar-refractivity contribution >= 4 is 17.5 Å². The van der Waals surface area contributed by atoms with Gasteiger partial charge in [0.25, 0.3) is 5.91 Å². The van der Waals surface area contributed by atoms with E-state index in [1.807, 2.05) is 28.0 Å². The fourth-order valence-corrected chi connectivity index (χ4v) is 6.87. The predicted octanol–water partition coefficient (Wildman–Crippen LogP) is 5.49. The Hall–Kier alpha value is -3.58. The molecule has 202 valence electrons. The van der Waals surface area contributed by atoms with Crippen LogP contribution in [-0.4, -0.2) is 54.3 Å². The van der Waals surface area contributed by atoms with Crippen molar-refractivity contribution in [1.82, 2.24) is 9.80 Å². The van der Waals surface area contributed by atoms with Crippen molar-refractivity contribution in [2.75, 3.05) is 37.6 Å². The van der Waals surface area contributed by atoms with E-state index < -0.39 is 0 Å². The molecule has 5 nitrogen and oxygen atoms in total. The normalized spacial score (nSPS) is 20.1. The van der Waals surface area contributed by atoms with Crippen LogP contribution in [0.1, 0.15) is 59.3 Å². The maximum absolute atomic E-state index is 14.7. The summed E-state index contributed by atoms with van der Waals surface area (Å²) in [5.74, 6) is -0.676. The summed E-state index contributed by atoms with van der Waals surface area (Å²) in [6, 6.07) is 18.8. The Morgan fingerprint density at radius 2 is 1.67 bits per heavy atom. The van der Waals surface area contributed by atoms with E-state index in [4.69, 9.17) is 0 Å². The fraction of sp³-hybridized carbons (Fsp3) is 0.375. The van der Waals surface area contributed by atoms with Gasteiger partial charge in [-0.3, -0.25) is 9.59 Å². The van der Waals surface area contributed by atoms with Gasteiger partial charge in [-0.15, -0.1) is 0 Å². The van der Waals surface area contributed by atoms with E-state index in [0.717, 1.165) is 50.3 Å². The lowest BCUT2D eigenvalue weighted by Gasteiger charge is -2.42. The standard InChI is InChI=1S/C32H33F2N3O2/c1-22(38)37-21-32(27-6-2-3-8-30(27)37)15-19-35(20-16-32)17-14-29-26-5-4-7-28(34)25(26)13-18-36(29)31(39)23-9-11-24(33)12-10-23/h2-12,29H,13-21H2,1H3. The largest absolute Gasteiger partial charge is 0.331 e. The summed E-state index contributed by atoms with van der Waals surface area (Å²) in [6.07, 6.45) is 3.07. The van der Waals surface area contributed by atoms with E-state index in [-0.39, 0.29) is 34.9 Å². The zero-order valence-electron chi connectivity index (χ0n) is 22.2. The second-order valence-electron chi connectivity index (χ2n) is 11.1. The molecule has 3 aromatic carbocycles. The average molecular weight is 530 g/mol. The number of hydrogen-bond donors (Lipinski definition) is 0. The molecular weight excluding hydrogens is 496 g/mol. The van der Waals surface area contributed by atoms with Gasteiger partial charge in [0, 0.05) is 43.2 Å². The van der Waals surface area contributed by atoms with Crippen LogP contribution in [0.4, 0.5) is 14.5 Å². The van der Waals surface area contributed by atoms with Crippen molar-refractivity contribution in [2.24, 2.45) is 0 Å². The number of para-hydroxylation sites is 1. The predicted molar refractivity (Wildman–Crippen MR) is 147 cm³/mol. The van der Waals surface area contributed by atoms with Crippen molar-refractivity contribution in [1.29, 1.82) is 0 Å². The zero-order valence-corrected chi connectivity index (χ0v) is 22.2. The minimum Gasteiger partial charge on any atom is -0.331 e. The molecular formula is C32H33F2N3O2. The highest BCUT2D eigenvalue weighted by Gasteiger charge is 2.45. The van der Waals surface area contributed by atoms with Crippen LogP contribution < -0.4 is 4.90 Å². The first-order valence-corrected chi connectivity index (χ1v) is 13.8. The summed E-state index contributed by atoms with van der Waals surface area (Å²) in [6.45, 7) is 5.36.